The molecule has 3 N–H and O–H groups in total. The second-order valence-electron chi connectivity index (χ2n) is 10.9. The molecule has 0 aliphatic carbocycles. The molecule has 0 bridgehead atoms. The lowest BCUT2D eigenvalue weighted by Crippen LogP contribution is -2.57. The van der Waals surface area contributed by atoms with Gasteiger partial charge in [0.25, 0.3) is 5.91 Å². The lowest BCUT2D eigenvalue weighted by atomic mass is 9.93. The van der Waals surface area contributed by atoms with E-state index in [4.69, 9.17) is 4.74 Å². The predicted molar refractivity (Wildman–Crippen MR) is 143 cm³/mol. The smallest absolute Gasteiger partial charge is 0.273 e. The van der Waals surface area contributed by atoms with Crippen LogP contribution >= 0.6 is 0 Å². The minimum atomic E-state index is -0.966. The van der Waals surface area contributed by atoms with Crippen molar-refractivity contribution in [1.29, 1.82) is 0 Å². The van der Waals surface area contributed by atoms with Crippen LogP contribution < -0.4 is 10.6 Å². The summed E-state index contributed by atoms with van der Waals surface area (Å²) in [6.07, 6.45) is 1.70. The van der Waals surface area contributed by atoms with Gasteiger partial charge in [-0.1, -0.05) is 50.2 Å². The second-order valence-corrected chi connectivity index (χ2v) is 10.9. The standard InChI is InChI=1S/C29H36N4O6/c1-18(2)15-21(25(35)29(3)17-39-29)31-26(36)22(16-19-9-5-4-6-10-19)32-27(37)23-12-8-14-33(23)28(38)20-11-7-13-24(34)30-20/h4-7,9-11,13,18,21-23H,8,12,14-17H2,1-3H3,(H,30,34)(H,31,36)(H,32,37)/t21?,22-,23-,29+/m0/s1. The molecule has 2 saturated heterocycles. The van der Waals surface area contributed by atoms with Crippen LogP contribution in [0.1, 0.15) is 56.1 Å². The first-order valence-electron chi connectivity index (χ1n) is 13.4. The highest BCUT2D eigenvalue weighted by molar-refractivity contribution is 5.99. The first-order chi connectivity index (χ1) is 18.6. The van der Waals surface area contributed by atoms with Crippen molar-refractivity contribution in [3.63, 3.8) is 0 Å². The van der Waals surface area contributed by atoms with Crippen LogP contribution in [0.15, 0.2) is 48.5 Å². The summed E-state index contributed by atoms with van der Waals surface area (Å²) in [4.78, 5) is 58.6. The number of carbonyl (C=O) groups excluding carboxylic acids is 4. The number of nitrogens with one attached hydrogen (secondary N) is 2. The van der Waals surface area contributed by atoms with Gasteiger partial charge in [-0.25, -0.2) is 4.98 Å². The van der Waals surface area contributed by atoms with Gasteiger partial charge < -0.3 is 25.4 Å². The molecule has 2 aliphatic heterocycles. The van der Waals surface area contributed by atoms with Crippen molar-refractivity contribution in [1.82, 2.24) is 20.5 Å². The SMILES string of the molecule is CC(C)CC(NC(=O)[C@H](Cc1ccccc1)NC(=O)[C@@H]1CCCN1C(=O)c1cccc(O)n1)C(=O)[C@@]1(C)CO1. The molecular formula is C29H36N4O6. The zero-order valence-electron chi connectivity index (χ0n) is 22.6. The molecule has 10 nitrogen and oxygen atoms in total. The van der Waals surface area contributed by atoms with E-state index in [9.17, 15) is 24.3 Å². The lowest BCUT2D eigenvalue weighted by Gasteiger charge is -2.28. The Balaban J connectivity index is 1.52. The van der Waals surface area contributed by atoms with Crippen molar-refractivity contribution in [3.8, 4) is 5.88 Å². The van der Waals surface area contributed by atoms with Gasteiger partial charge in [-0.2, -0.15) is 0 Å². The molecule has 1 aromatic carbocycles. The fraction of sp³-hybridized carbons (Fsp3) is 0.483. The Morgan fingerprint density at radius 3 is 2.44 bits per heavy atom. The number of ketones is 1. The largest absolute Gasteiger partial charge is 0.493 e. The number of rotatable bonds is 11. The van der Waals surface area contributed by atoms with Crippen LogP contribution in [-0.4, -0.2) is 75.4 Å². The number of nitrogens with zero attached hydrogens (tertiary/aromatic N) is 2. The van der Waals surface area contributed by atoms with E-state index in [1.807, 2.05) is 44.2 Å². The summed E-state index contributed by atoms with van der Waals surface area (Å²) >= 11 is 0. The van der Waals surface area contributed by atoms with Gasteiger partial charge in [0.15, 0.2) is 5.78 Å². The Kier molecular flexibility index (Phi) is 8.64. The third-order valence-electron chi connectivity index (χ3n) is 7.12. The molecule has 0 radical (unpaired) electrons. The summed E-state index contributed by atoms with van der Waals surface area (Å²) in [6, 6.07) is 11.1. The molecule has 10 heteroatoms. The maximum atomic E-state index is 13.6. The number of benzene rings is 1. The third-order valence-corrected chi connectivity index (χ3v) is 7.12. The first kappa shape index (κ1) is 28.2. The number of hydrogen-bond donors (Lipinski definition) is 3. The first-order valence-corrected chi connectivity index (χ1v) is 13.4. The fourth-order valence-corrected chi connectivity index (χ4v) is 4.89. The van der Waals surface area contributed by atoms with Crippen molar-refractivity contribution >= 4 is 23.5 Å². The molecule has 2 fully saturated rings. The number of pyridine rings is 1. The number of aromatic nitrogens is 1. The van der Waals surface area contributed by atoms with Gasteiger partial charge in [0.1, 0.15) is 23.4 Å². The van der Waals surface area contributed by atoms with Crippen molar-refractivity contribution < 1.29 is 29.0 Å². The van der Waals surface area contributed by atoms with Gasteiger partial charge in [-0.3, -0.25) is 19.2 Å². The minimum absolute atomic E-state index is 0.0408. The van der Waals surface area contributed by atoms with Crippen molar-refractivity contribution in [2.75, 3.05) is 13.2 Å². The normalized spacial score (nSPS) is 21.7. The van der Waals surface area contributed by atoms with E-state index in [1.165, 1.54) is 23.1 Å². The van der Waals surface area contributed by atoms with E-state index in [-0.39, 0.29) is 29.7 Å². The van der Waals surface area contributed by atoms with Gasteiger partial charge in [-0.05, 0) is 43.7 Å². The number of likely N-dealkylation sites (tertiary alicyclic amines) is 1. The number of epoxide rings is 1. The molecule has 208 valence electrons. The summed E-state index contributed by atoms with van der Waals surface area (Å²) in [5.41, 5.74) is -0.0140. The van der Waals surface area contributed by atoms with Gasteiger partial charge in [0.2, 0.25) is 17.7 Å². The van der Waals surface area contributed by atoms with E-state index < -0.39 is 41.4 Å². The fourth-order valence-electron chi connectivity index (χ4n) is 4.89. The molecule has 3 amide bonds. The lowest BCUT2D eigenvalue weighted by molar-refractivity contribution is -0.134. The molecule has 1 aromatic heterocycles. The van der Waals surface area contributed by atoms with Crippen LogP contribution in [0.2, 0.25) is 0 Å². The number of aromatic hydroxyl groups is 1. The molecular weight excluding hydrogens is 500 g/mol. The van der Waals surface area contributed by atoms with Gasteiger partial charge in [0.05, 0.1) is 12.6 Å². The molecule has 4 atom stereocenters. The van der Waals surface area contributed by atoms with Crippen LogP contribution in [0.4, 0.5) is 0 Å². The van der Waals surface area contributed by atoms with Crippen molar-refractivity contribution in [2.45, 2.75) is 70.2 Å². The highest BCUT2D eigenvalue weighted by Crippen LogP contribution is 2.30. The van der Waals surface area contributed by atoms with E-state index >= 15 is 0 Å². The number of amides is 3. The Labute approximate surface area is 228 Å². The van der Waals surface area contributed by atoms with Gasteiger partial charge in [0, 0.05) is 19.0 Å². The Hall–Kier alpha value is -3.79. The number of carbonyl (C=O) groups is 4. The number of ether oxygens (including phenoxy) is 1. The maximum Gasteiger partial charge on any atom is 0.273 e. The molecule has 2 aliphatic rings. The molecule has 2 aromatic rings. The van der Waals surface area contributed by atoms with Crippen LogP contribution in [-0.2, 0) is 25.5 Å². The third kappa shape index (κ3) is 7.00. The van der Waals surface area contributed by atoms with Crippen molar-refractivity contribution in [2.24, 2.45) is 5.92 Å². The summed E-state index contributed by atoms with van der Waals surface area (Å²) in [7, 11) is 0. The topological polar surface area (TPSA) is 141 Å². The van der Waals surface area contributed by atoms with E-state index in [0.29, 0.717) is 32.4 Å². The quantitative estimate of drug-likeness (QED) is 0.373. The average molecular weight is 537 g/mol. The van der Waals surface area contributed by atoms with Gasteiger partial charge in [-0.15, -0.1) is 0 Å². The van der Waals surface area contributed by atoms with Gasteiger partial charge >= 0.3 is 0 Å². The molecule has 1 unspecified atom stereocenters. The summed E-state index contributed by atoms with van der Waals surface area (Å²) < 4.78 is 5.34. The molecule has 0 saturated carbocycles. The van der Waals surface area contributed by atoms with Crippen LogP contribution in [0, 0.1) is 5.92 Å². The van der Waals surface area contributed by atoms with Crippen LogP contribution in [0.3, 0.4) is 0 Å². The van der Waals surface area contributed by atoms with E-state index in [2.05, 4.69) is 15.6 Å². The summed E-state index contributed by atoms with van der Waals surface area (Å²) in [6.45, 7) is 6.33. The van der Waals surface area contributed by atoms with E-state index in [1.54, 1.807) is 6.92 Å². The highest BCUT2D eigenvalue weighted by atomic mass is 16.6. The zero-order valence-corrected chi connectivity index (χ0v) is 22.6. The van der Waals surface area contributed by atoms with Crippen LogP contribution in [0.25, 0.3) is 0 Å². The number of hydrogen-bond acceptors (Lipinski definition) is 7. The average Bonchev–Trinajstić information content (AvgIpc) is 3.46. The molecule has 0 spiro atoms. The van der Waals surface area contributed by atoms with Crippen LogP contribution in [0.5, 0.6) is 5.88 Å². The maximum absolute atomic E-state index is 13.6. The second kappa shape index (κ2) is 11.9. The summed E-state index contributed by atoms with van der Waals surface area (Å²) in [5, 5.41) is 15.4. The van der Waals surface area contributed by atoms with Crippen molar-refractivity contribution in [3.05, 3.63) is 59.8 Å². The zero-order chi connectivity index (χ0) is 28.2. The Morgan fingerprint density at radius 1 is 1.08 bits per heavy atom. The Morgan fingerprint density at radius 2 is 1.79 bits per heavy atom. The highest BCUT2D eigenvalue weighted by Gasteiger charge is 2.50. The molecule has 3 heterocycles. The van der Waals surface area contributed by atoms with E-state index in [0.717, 1.165) is 5.56 Å². The monoisotopic (exact) mass is 536 g/mol. The number of Topliss-reactive ketones (excluding diaryl/α,β-unsaturated/α-hetero) is 1. The predicted octanol–water partition coefficient (Wildman–Crippen LogP) is 2.01. The Bertz CT molecular complexity index is 1210. The minimum Gasteiger partial charge on any atom is -0.493 e. The molecule has 4 rings (SSSR count). The molecule has 39 heavy (non-hydrogen) atoms. The summed E-state index contributed by atoms with van der Waals surface area (Å²) in [5.74, 6) is -1.71.